The molecule has 12 unspecified atom stereocenters. The van der Waals surface area contributed by atoms with Crippen molar-refractivity contribution in [3.8, 4) is 0 Å². The van der Waals surface area contributed by atoms with Gasteiger partial charge >= 0.3 is 0 Å². The maximum absolute atomic E-state index is 13.3. The van der Waals surface area contributed by atoms with E-state index in [4.69, 9.17) is 18.9 Å². The molecule has 2 saturated heterocycles. The van der Waals surface area contributed by atoms with Gasteiger partial charge in [-0.1, -0.05) is 272 Å². The van der Waals surface area contributed by atoms with Crippen molar-refractivity contribution in [3.63, 3.8) is 0 Å². The summed E-state index contributed by atoms with van der Waals surface area (Å²) in [6.45, 7) is 2.69. The molecule has 0 aromatic rings. The van der Waals surface area contributed by atoms with Crippen LogP contribution in [-0.2, 0) is 23.7 Å². The van der Waals surface area contributed by atoms with Crippen LogP contribution in [0.2, 0.25) is 0 Å². The van der Waals surface area contributed by atoms with Crippen LogP contribution in [0.25, 0.3) is 0 Å². The molecule has 0 saturated carbocycles. The lowest BCUT2D eigenvalue weighted by Crippen LogP contribution is -2.65. The number of allylic oxidation sites excluding steroid dienone is 13. The molecule has 87 heavy (non-hydrogen) atoms. The van der Waals surface area contributed by atoms with Crippen LogP contribution in [-0.4, -0.2) is 140 Å². The third-order valence-corrected chi connectivity index (χ3v) is 16.8. The van der Waals surface area contributed by atoms with E-state index in [9.17, 15) is 45.6 Å². The van der Waals surface area contributed by atoms with E-state index in [1.165, 1.54) is 167 Å². The van der Waals surface area contributed by atoms with Crippen molar-refractivity contribution in [2.75, 3.05) is 19.8 Å². The molecule has 2 aliphatic rings. The molecule has 0 spiro atoms. The van der Waals surface area contributed by atoms with Gasteiger partial charge in [-0.15, -0.1) is 0 Å². The van der Waals surface area contributed by atoms with Gasteiger partial charge in [0.25, 0.3) is 0 Å². The van der Waals surface area contributed by atoms with Gasteiger partial charge in [-0.05, 0) is 83.5 Å². The van der Waals surface area contributed by atoms with Gasteiger partial charge in [0.05, 0.1) is 32.0 Å². The third-order valence-electron chi connectivity index (χ3n) is 16.8. The zero-order chi connectivity index (χ0) is 63.1. The van der Waals surface area contributed by atoms with Gasteiger partial charge in [0, 0.05) is 6.42 Å². The molecular weight excluding hydrogens is 1100 g/mol. The Morgan fingerprint density at radius 3 is 1.26 bits per heavy atom. The number of amides is 1. The number of carbonyl (C=O) groups excluding carboxylic acids is 1. The summed E-state index contributed by atoms with van der Waals surface area (Å²) in [5.74, 6) is -0.256. The van der Waals surface area contributed by atoms with Crippen molar-refractivity contribution in [1.29, 1.82) is 0 Å². The van der Waals surface area contributed by atoms with E-state index < -0.39 is 86.8 Å². The Morgan fingerprint density at radius 1 is 0.425 bits per heavy atom. The Hall–Kier alpha value is -2.83. The van der Waals surface area contributed by atoms with Crippen molar-refractivity contribution < 1.29 is 64.6 Å². The van der Waals surface area contributed by atoms with E-state index in [1.54, 1.807) is 6.08 Å². The molecule has 0 aromatic carbocycles. The molecule has 2 aliphatic heterocycles. The average Bonchev–Trinajstić information content (AvgIpc) is 2.50. The number of ether oxygens (including phenoxy) is 4. The second kappa shape index (κ2) is 57.1. The predicted octanol–water partition coefficient (Wildman–Crippen LogP) is 14.4. The van der Waals surface area contributed by atoms with E-state index in [0.29, 0.717) is 12.8 Å². The zero-order valence-corrected chi connectivity index (χ0v) is 54.7. The summed E-state index contributed by atoms with van der Waals surface area (Å²) in [7, 11) is 0. The number of nitrogens with one attached hydrogen (secondary N) is 1. The lowest BCUT2D eigenvalue weighted by atomic mass is 9.97. The molecule has 9 N–H and O–H groups in total. The van der Waals surface area contributed by atoms with Crippen LogP contribution >= 0.6 is 0 Å². The normalized spacial score (nSPS) is 23.8. The van der Waals surface area contributed by atoms with Gasteiger partial charge in [-0.25, -0.2) is 0 Å². The van der Waals surface area contributed by atoms with Crippen LogP contribution in [0.1, 0.15) is 277 Å². The molecule has 504 valence electrons. The molecule has 2 rings (SSSR count). The topological polar surface area (TPSA) is 228 Å². The molecule has 14 heteroatoms. The van der Waals surface area contributed by atoms with Crippen LogP contribution in [0.3, 0.4) is 0 Å². The number of carbonyl (C=O) groups is 1. The summed E-state index contributed by atoms with van der Waals surface area (Å²) in [6.07, 6.45) is 62.1. The van der Waals surface area contributed by atoms with Crippen molar-refractivity contribution in [2.24, 2.45) is 0 Å². The first-order valence-corrected chi connectivity index (χ1v) is 35.3. The third kappa shape index (κ3) is 41.3. The summed E-state index contributed by atoms with van der Waals surface area (Å²) in [4.78, 5) is 13.3. The highest BCUT2D eigenvalue weighted by Gasteiger charge is 2.51. The zero-order valence-electron chi connectivity index (χ0n) is 54.7. The molecule has 2 heterocycles. The number of aliphatic hydroxyl groups is 8. The molecule has 12 atom stereocenters. The Labute approximate surface area is 529 Å². The molecule has 0 radical (unpaired) electrons. The Morgan fingerprint density at radius 2 is 0.805 bits per heavy atom. The Balaban J connectivity index is 1.71. The number of unbranched alkanes of at least 4 members (excludes halogenated alkanes) is 32. The monoisotopic (exact) mass is 1230 g/mol. The molecule has 0 aromatic heterocycles. The van der Waals surface area contributed by atoms with E-state index in [-0.39, 0.29) is 18.9 Å². The van der Waals surface area contributed by atoms with Gasteiger partial charge in [0.1, 0.15) is 48.8 Å². The highest BCUT2D eigenvalue weighted by molar-refractivity contribution is 5.76. The average molecular weight is 1230 g/mol. The second-order valence-corrected chi connectivity index (χ2v) is 24.6. The van der Waals surface area contributed by atoms with E-state index in [2.05, 4.69) is 92.1 Å². The van der Waals surface area contributed by atoms with Crippen LogP contribution in [0.5, 0.6) is 0 Å². The van der Waals surface area contributed by atoms with Crippen molar-refractivity contribution in [3.05, 3.63) is 85.1 Å². The van der Waals surface area contributed by atoms with Gasteiger partial charge in [0.15, 0.2) is 12.6 Å². The molecule has 2 fully saturated rings. The minimum Gasteiger partial charge on any atom is -0.394 e. The summed E-state index contributed by atoms with van der Waals surface area (Å²) in [6, 6.07) is -0.945. The fourth-order valence-electron chi connectivity index (χ4n) is 11.2. The standard InChI is InChI=1S/C73H129NO13/c1-3-5-7-9-11-13-15-17-19-21-23-25-27-29-30-31-33-34-36-38-40-42-44-46-48-50-52-54-56-62(77)61(60-84-72-70(83)68(81)71(64(59-76)86-72)87-73-69(82)67(80)66(79)63(58-75)85-73)74-65(78)57-55-53-51-49-47-45-43-41-39-37-35-32-28-26-24-22-20-18-16-14-12-10-8-6-4-2/h6,8,12,14,18,20,24,26,38,40,46,48,54,56,61-64,66-73,75-77,79-83H,3-5,7,9-11,13,15-17,19,21-23,25,27-37,39,41-45,47,49-53,55,57-60H2,1-2H3,(H,74,78)/b8-6-,14-12-,20-18-,26-24-,40-38+,48-46+,56-54+. The smallest absolute Gasteiger partial charge is 0.220 e. The van der Waals surface area contributed by atoms with E-state index in [0.717, 1.165) is 77.0 Å². The Bertz CT molecular complexity index is 1780. The van der Waals surface area contributed by atoms with E-state index >= 15 is 0 Å². The van der Waals surface area contributed by atoms with E-state index in [1.807, 2.05) is 6.08 Å². The van der Waals surface area contributed by atoms with Crippen molar-refractivity contribution in [2.45, 2.75) is 351 Å². The Kier molecular flexibility index (Phi) is 52.7. The SMILES string of the molecule is CC/C=C\C/C=C\C/C=C\C/C=C\CCCCCCCCCCCCCCC(=O)NC(COC1OC(CO)C(OC2OC(CO)C(O)C(O)C2O)C(O)C1O)C(O)/C=C/CC/C=C/CC/C=C/CCCCCCCCCCCCCCCCCCCC. The lowest BCUT2D eigenvalue weighted by molar-refractivity contribution is -0.359. The van der Waals surface area contributed by atoms with Crippen molar-refractivity contribution in [1.82, 2.24) is 5.32 Å². The fraction of sp³-hybridized carbons (Fsp3) is 0.795. The summed E-state index contributed by atoms with van der Waals surface area (Å²) in [5, 5.41) is 87.4. The van der Waals surface area contributed by atoms with Crippen LogP contribution in [0.4, 0.5) is 0 Å². The van der Waals surface area contributed by atoms with Crippen molar-refractivity contribution >= 4 is 5.91 Å². The largest absolute Gasteiger partial charge is 0.394 e. The van der Waals surface area contributed by atoms with Gasteiger partial charge in [0.2, 0.25) is 5.91 Å². The first-order valence-electron chi connectivity index (χ1n) is 35.3. The van der Waals surface area contributed by atoms with Crippen LogP contribution in [0, 0.1) is 0 Å². The maximum atomic E-state index is 13.3. The van der Waals surface area contributed by atoms with Gasteiger partial charge < -0.3 is 65.1 Å². The van der Waals surface area contributed by atoms with Crippen LogP contribution in [0.15, 0.2) is 85.1 Å². The fourth-order valence-corrected chi connectivity index (χ4v) is 11.2. The molecule has 14 nitrogen and oxygen atoms in total. The number of hydrogen-bond donors (Lipinski definition) is 9. The minimum atomic E-state index is -1.80. The summed E-state index contributed by atoms with van der Waals surface area (Å²) in [5.41, 5.74) is 0. The molecule has 0 aliphatic carbocycles. The van der Waals surface area contributed by atoms with Gasteiger partial charge in [-0.2, -0.15) is 0 Å². The predicted molar refractivity (Wildman–Crippen MR) is 355 cm³/mol. The summed E-state index contributed by atoms with van der Waals surface area (Å²) >= 11 is 0. The highest BCUT2D eigenvalue weighted by atomic mass is 16.7. The first kappa shape index (κ1) is 80.3. The highest BCUT2D eigenvalue weighted by Crippen LogP contribution is 2.30. The van der Waals surface area contributed by atoms with Gasteiger partial charge in [-0.3, -0.25) is 4.79 Å². The number of rotatable bonds is 57. The summed E-state index contributed by atoms with van der Waals surface area (Å²) < 4.78 is 22.8. The van der Waals surface area contributed by atoms with Crippen LogP contribution < -0.4 is 5.32 Å². The number of hydrogen-bond acceptors (Lipinski definition) is 13. The number of aliphatic hydroxyl groups excluding tert-OH is 8. The quantitative estimate of drug-likeness (QED) is 0.0204. The minimum absolute atomic E-state index is 0.256. The maximum Gasteiger partial charge on any atom is 0.220 e. The second-order valence-electron chi connectivity index (χ2n) is 24.6. The first-order chi connectivity index (χ1) is 42.6. The molecule has 1 amide bonds. The molecular formula is C73H129NO13. The lowest BCUT2D eigenvalue weighted by Gasteiger charge is -2.46. The molecule has 0 bridgehead atoms.